The smallest absolute Gasteiger partial charge is 0.150 e. The first-order valence-corrected chi connectivity index (χ1v) is 15.4. The minimum Gasteiger partial charge on any atom is -0.455 e. The van der Waals surface area contributed by atoms with Gasteiger partial charge >= 0.3 is 0 Å². The number of fused-ring (bicyclic) bond motifs is 3. The van der Waals surface area contributed by atoms with E-state index in [0.29, 0.717) is 0 Å². The van der Waals surface area contributed by atoms with Crippen LogP contribution in [0.15, 0.2) is 120 Å². The van der Waals surface area contributed by atoms with Gasteiger partial charge in [0.25, 0.3) is 0 Å². The molecule has 0 saturated heterocycles. The first-order valence-electron chi connectivity index (χ1n) is 12.9. The second-order valence-electron chi connectivity index (χ2n) is 11.0. The van der Waals surface area contributed by atoms with Crippen molar-refractivity contribution in [3.05, 3.63) is 121 Å². The van der Waals surface area contributed by atoms with Gasteiger partial charge in [-0.25, -0.2) is 0 Å². The first kappa shape index (κ1) is 23.4. The van der Waals surface area contributed by atoms with E-state index in [-0.39, 0.29) is 5.41 Å². The molecule has 4 aromatic carbocycles. The van der Waals surface area contributed by atoms with Gasteiger partial charge in [0.1, 0.15) is 19.2 Å². The van der Waals surface area contributed by atoms with Gasteiger partial charge in [0.15, 0.2) is 0 Å². The SMILES string of the molecule is CC(C)(C)c1ccnc(-c2cccc3c2oc2c([Si](C)(c4ccccc4)c4ccccc4)cccc23)c1. The maximum atomic E-state index is 6.88. The molecule has 2 heterocycles. The second kappa shape index (κ2) is 8.86. The van der Waals surface area contributed by atoms with Crippen LogP contribution in [0.2, 0.25) is 6.55 Å². The number of para-hydroxylation sites is 2. The number of benzene rings is 4. The van der Waals surface area contributed by atoms with Crippen molar-refractivity contribution in [2.24, 2.45) is 0 Å². The number of aromatic nitrogens is 1. The average molecular weight is 498 g/mol. The molecule has 2 nitrogen and oxygen atoms in total. The third-order valence-electron chi connectivity index (χ3n) is 7.67. The zero-order valence-electron chi connectivity index (χ0n) is 21.8. The lowest BCUT2D eigenvalue weighted by Crippen LogP contribution is -2.64. The number of nitrogens with zero attached hydrogens (tertiary/aromatic N) is 1. The number of hydrogen-bond donors (Lipinski definition) is 0. The molecular formula is C34H31NOSi. The second-order valence-corrected chi connectivity index (χ2v) is 14.9. The number of pyridine rings is 1. The van der Waals surface area contributed by atoms with Crippen molar-refractivity contribution in [2.45, 2.75) is 32.7 Å². The standard InChI is InChI=1S/C34H31NOSi/c1-34(2,3)24-21-22-35-30(23-24)29-19-11-17-27-28-18-12-20-31(33(28)36-32(27)29)37(4,25-13-7-5-8-14-25)26-15-9-6-10-16-26/h5-23H,1-4H3. The van der Waals surface area contributed by atoms with Crippen molar-refractivity contribution in [3.63, 3.8) is 0 Å². The summed E-state index contributed by atoms with van der Waals surface area (Å²) in [6.07, 6.45) is 1.91. The van der Waals surface area contributed by atoms with Gasteiger partial charge in [-0.3, -0.25) is 4.98 Å². The molecule has 6 aromatic rings. The van der Waals surface area contributed by atoms with E-state index in [1.165, 1.54) is 21.1 Å². The molecule has 0 saturated carbocycles. The lowest BCUT2D eigenvalue weighted by atomic mass is 9.87. The van der Waals surface area contributed by atoms with Crippen LogP contribution in [0, 0.1) is 0 Å². The first-order chi connectivity index (χ1) is 17.9. The molecular weight excluding hydrogens is 466 g/mol. The zero-order valence-corrected chi connectivity index (χ0v) is 22.8. The molecule has 0 fully saturated rings. The summed E-state index contributed by atoms with van der Waals surface area (Å²) in [5, 5.41) is 6.32. The molecule has 3 heteroatoms. The summed E-state index contributed by atoms with van der Waals surface area (Å²) in [7, 11) is -2.34. The van der Waals surface area contributed by atoms with E-state index in [2.05, 4.69) is 137 Å². The fourth-order valence-corrected chi connectivity index (χ4v) is 9.22. The average Bonchev–Trinajstić information content (AvgIpc) is 3.32. The Balaban J connectivity index is 1.64. The molecule has 0 aliphatic heterocycles. The van der Waals surface area contributed by atoms with Gasteiger partial charge in [-0.15, -0.1) is 0 Å². The summed E-state index contributed by atoms with van der Waals surface area (Å²) >= 11 is 0. The van der Waals surface area contributed by atoms with Gasteiger partial charge in [-0.2, -0.15) is 0 Å². The highest BCUT2D eigenvalue weighted by Gasteiger charge is 2.37. The largest absolute Gasteiger partial charge is 0.455 e. The summed E-state index contributed by atoms with van der Waals surface area (Å²) < 4.78 is 6.88. The predicted octanol–water partition coefficient (Wildman–Crippen LogP) is 7.05. The van der Waals surface area contributed by atoms with Gasteiger partial charge in [0.2, 0.25) is 0 Å². The van der Waals surface area contributed by atoms with Crippen LogP contribution in [0.4, 0.5) is 0 Å². The summed E-state index contributed by atoms with van der Waals surface area (Å²) in [5.41, 5.74) is 5.18. The molecule has 2 aromatic heterocycles. The van der Waals surface area contributed by atoms with Crippen molar-refractivity contribution >= 4 is 45.6 Å². The van der Waals surface area contributed by atoms with Crippen molar-refractivity contribution in [1.82, 2.24) is 4.98 Å². The van der Waals surface area contributed by atoms with E-state index in [0.717, 1.165) is 33.2 Å². The zero-order chi connectivity index (χ0) is 25.6. The van der Waals surface area contributed by atoms with Crippen molar-refractivity contribution < 1.29 is 4.42 Å². The molecule has 0 radical (unpaired) electrons. The third kappa shape index (κ3) is 3.91. The lowest BCUT2D eigenvalue weighted by molar-refractivity contribution is 0.589. The quantitative estimate of drug-likeness (QED) is 0.193. The van der Waals surface area contributed by atoms with E-state index >= 15 is 0 Å². The van der Waals surface area contributed by atoms with E-state index in [1.54, 1.807) is 0 Å². The number of hydrogen-bond acceptors (Lipinski definition) is 2. The summed E-state index contributed by atoms with van der Waals surface area (Å²) in [6.45, 7) is 9.14. The van der Waals surface area contributed by atoms with Crippen LogP contribution in [0.5, 0.6) is 0 Å². The molecule has 0 N–H and O–H groups in total. The Bertz CT molecular complexity index is 1670. The van der Waals surface area contributed by atoms with E-state index in [1.807, 2.05) is 6.20 Å². The lowest BCUT2D eigenvalue weighted by Gasteiger charge is -2.29. The van der Waals surface area contributed by atoms with Crippen molar-refractivity contribution in [3.8, 4) is 11.3 Å². The maximum absolute atomic E-state index is 6.88. The van der Waals surface area contributed by atoms with Gasteiger partial charge < -0.3 is 4.42 Å². The summed E-state index contributed by atoms with van der Waals surface area (Å²) in [5.74, 6) is 0. The molecule has 6 rings (SSSR count). The van der Waals surface area contributed by atoms with E-state index in [9.17, 15) is 0 Å². The fraction of sp³-hybridized carbons (Fsp3) is 0.147. The Kier molecular flexibility index (Phi) is 5.61. The molecule has 0 spiro atoms. The molecule has 37 heavy (non-hydrogen) atoms. The van der Waals surface area contributed by atoms with Crippen LogP contribution < -0.4 is 15.6 Å². The van der Waals surface area contributed by atoms with Crippen LogP contribution in [0.25, 0.3) is 33.2 Å². The van der Waals surface area contributed by atoms with Gasteiger partial charge in [0, 0.05) is 22.5 Å². The normalized spacial score (nSPS) is 12.3. The molecule has 0 aliphatic rings. The van der Waals surface area contributed by atoms with Crippen LogP contribution in [0.3, 0.4) is 0 Å². The summed E-state index contributed by atoms with van der Waals surface area (Å²) in [4.78, 5) is 4.76. The highest BCUT2D eigenvalue weighted by Crippen LogP contribution is 2.36. The minimum absolute atomic E-state index is 0.0470. The highest BCUT2D eigenvalue weighted by atomic mass is 28.3. The van der Waals surface area contributed by atoms with Crippen LogP contribution >= 0.6 is 0 Å². The maximum Gasteiger partial charge on any atom is 0.150 e. The fourth-order valence-electron chi connectivity index (χ4n) is 5.48. The van der Waals surface area contributed by atoms with Crippen molar-refractivity contribution in [2.75, 3.05) is 0 Å². The van der Waals surface area contributed by atoms with E-state index in [4.69, 9.17) is 9.40 Å². The third-order valence-corrected chi connectivity index (χ3v) is 12.1. The van der Waals surface area contributed by atoms with Gasteiger partial charge in [-0.05, 0) is 44.7 Å². The van der Waals surface area contributed by atoms with Crippen LogP contribution in [-0.2, 0) is 5.41 Å². The number of furan rings is 1. The minimum atomic E-state index is -2.34. The molecule has 0 unspecified atom stereocenters. The molecule has 182 valence electrons. The van der Waals surface area contributed by atoms with Gasteiger partial charge in [0.05, 0.1) is 5.69 Å². The Labute approximate surface area is 219 Å². The Morgan fingerprint density at radius 1 is 0.649 bits per heavy atom. The van der Waals surface area contributed by atoms with Gasteiger partial charge in [-0.1, -0.05) is 118 Å². The van der Waals surface area contributed by atoms with Crippen LogP contribution in [-0.4, -0.2) is 13.1 Å². The Morgan fingerprint density at radius 3 is 1.86 bits per heavy atom. The number of rotatable bonds is 4. The highest BCUT2D eigenvalue weighted by molar-refractivity contribution is 7.11. The molecule has 0 atom stereocenters. The molecule has 0 amide bonds. The predicted molar refractivity (Wildman–Crippen MR) is 159 cm³/mol. The molecule has 0 bridgehead atoms. The summed E-state index contributed by atoms with van der Waals surface area (Å²) in [6, 6.07) is 39.3. The van der Waals surface area contributed by atoms with E-state index < -0.39 is 8.07 Å². The van der Waals surface area contributed by atoms with Crippen LogP contribution in [0.1, 0.15) is 26.3 Å². The Morgan fingerprint density at radius 2 is 1.24 bits per heavy atom. The Hall–Kier alpha value is -3.95. The molecule has 0 aliphatic carbocycles. The topological polar surface area (TPSA) is 26.0 Å². The monoisotopic (exact) mass is 497 g/mol. The van der Waals surface area contributed by atoms with Crippen molar-refractivity contribution in [1.29, 1.82) is 0 Å².